The summed E-state index contributed by atoms with van der Waals surface area (Å²) in [5, 5.41) is 0. The van der Waals surface area contributed by atoms with Crippen LogP contribution in [0.2, 0.25) is 0 Å². The molecule has 0 aliphatic heterocycles. The van der Waals surface area contributed by atoms with E-state index in [2.05, 4.69) is 18.0 Å². The van der Waals surface area contributed by atoms with Crippen LogP contribution < -0.4 is 5.73 Å². The van der Waals surface area contributed by atoms with Crippen molar-refractivity contribution in [3.63, 3.8) is 0 Å². The van der Waals surface area contributed by atoms with E-state index < -0.39 is 0 Å². The highest BCUT2D eigenvalue weighted by atomic mass is 14.7. The van der Waals surface area contributed by atoms with E-state index in [1.165, 1.54) is 5.56 Å². The first-order valence-corrected chi connectivity index (χ1v) is 4.18. The molecule has 0 aliphatic carbocycles. The number of hydrogen-bond donors (Lipinski definition) is 1. The van der Waals surface area contributed by atoms with Gasteiger partial charge in [-0.3, -0.25) is 4.98 Å². The molecule has 1 aromatic rings. The zero-order valence-corrected chi connectivity index (χ0v) is 7.96. The molecular weight excluding hydrogens is 148 g/mol. The SMILES string of the molecule is Cc1cccnc1CC(C)(C)N. The first-order chi connectivity index (χ1) is 5.49. The van der Waals surface area contributed by atoms with Crippen molar-refractivity contribution in [1.29, 1.82) is 0 Å². The molecule has 0 saturated carbocycles. The summed E-state index contributed by atoms with van der Waals surface area (Å²) < 4.78 is 0. The minimum absolute atomic E-state index is 0.168. The maximum absolute atomic E-state index is 5.90. The molecule has 0 aromatic carbocycles. The lowest BCUT2D eigenvalue weighted by atomic mass is 9.97. The Balaban J connectivity index is 2.83. The van der Waals surface area contributed by atoms with Gasteiger partial charge in [0, 0.05) is 23.9 Å². The topological polar surface area (TPSA) is 38.9 Å². The Morgan fingerprint density at radius 3 is 2.67 bits per heavy atom. The van der Waals surface area contributed by atoms with Crippen molar-refractivity contribution in [2.45, 2.75) is 32.7 Å². The lowest BCUT2D eigenvalue weighted by Gasteiger charge is -2.18. The maximum Gasteiger partial charge on any atom is 0.0450 e. The van der Waals surface area contributed by atoms with Crippen LogP contribution >= 0.6 is 0 Å². The largest absolute Gasteiger partial charge is 0.325 e. The van der Waals surface area contributed by atoms with E-state index in [9.17, 15) is 0 Å². The van der Waals surface area contributed by atoms with Gasteiger partial charge in [0.15, 0.2) is 0 Å². The van der Waals surface area contributed by atoms with Crippen LogP contribution in [0, 0.1) is 6.92 Å². The van der Waals surface area contributed by atoms with E-state index in [-0.39, 0.29) is 5.54 Å². The Kier molecular flexibility index (Phi) is 2.48. The Morgan fingerprint density at radius 2 is 2.17 bits per heavy atom. The zero-order chi connectivity index (χ0) is 9.19. The van der Waals surface area contributed by atoms with Gasteiger partial charge in [-0.25, -0.2) is 0 Å². The van der Waals surface area contributed by atoms with Crippen molar-refractivity contribution >= 4 is 0 Å². The van der Waals surface area contributed by atoms with Gasteiger partial charge in [-0.1, -0.05) is 6.07 Å². The third-order valence-corrected chi connectivity index (χ3v) is 1.74. The number of pyridine rings is 1. The van der Waals surface area contributed by atoms with Crippen LogP contribution in [0.5, 0.6) is 0 Å². The summed E-state index contributed by atoms with van der Waals surface area (Å²) in [4.78, 5) is 4.28. The van der Waals surface area contributed by atoms with Crippen LogP contribution in [0.4, 0.5) is 0 Å². The molecule has 0 spiro atoms. The number of aryl methyl sites for hydroxylation is 1. The summed E-state index contributed by atoms with van der Waals surface area (Å²) in [6.07, 6.45) is 2.65. The van der Waals surface area contributed by atoms with Crippen molar-refractivity contribution in [2.24, 2.45) is 5.73 Å². The molecule has 1 heterocycles. The second-order valence-electron chi connectivity index (χ2n) is 3.93. The van der Waals surface area contributed by atoms with Gasteiger partial charge < -0.3 is 5.73 Å². The minimum Gasteiger partial charge on any atom is -0.325 e. The molecule has 0 unspecified atom stereocenters. The summed E-state index contributed by atoms with van der Waals surface area (Å²) in [7, 11) is 0. The quantitative estimate of drug-likeness (QED) is 0.722. The lowest BCUT2D eigenvalue weighted by molar-refractivity contribution is 0.508. The molecule has 0 radical (unpaired) electrons. The average Bonchev–Trinajstić information content (AvgIpc) is 1.91. The van der Waals surface area contributed by atoms with Gasteiger partial charge in [-0.2, -0.15) is 0 Å². The smallest absolute Gasteiger partial charge is 0.0450 e. The van der Waals surface area contributed by atoms with Gasteiger partial charge in [-0.05, 0) is 32.4 Å². The normalized spacial score (nSPS) is 11.7. The van der Waals surface area contributed by atoms with Crippen molar-refractivity contribution in [3.05, 3.63) is 29.6 Å². The summed E-state index contributed by atoms with van der Waals surface area (Å²) >= 11 is 0. The fourth-order valence-corrected chi connectivity index (χ4v) is 1.14. The molecule has 0 amide bonds. The molecular formula is C10H16N2. The van der Waals surface area contributed by atoms with Gasteiger partial charge >= 0.3 is 0 Å². The molecule has 0 bridgehead atoms. The number of nitrogens with zero attached hydrogens (tertiary/aromatic N) is 1. The number of rotatable bonds is 2. The Hall–Kier alpha value is -0.890. The Bertz CT molecular complexity index is 261. The maximum atomic E-state index is 5.90. The van der Waals surface area contributed by atoms with Crippen molar-refractivity contribution < 1.29 is 0 Å². The molecule has 0 aliphatic rings. The van der Waals surface area contributed by atoms with E-state index in [4.69, 9.17) is 5.73 Å². The van der Waals surface area contributed by atoms with Crippen LogP contribution in [0.15, 0.2) is 18.3 Å². The third kappa shape index (κ3) is 2.62. The van der Waals surface area contributed by atoms with Crippen LogP contribution in [0.1, 0.15) is 25.1 Å². The van der Waals surface area contributed by atoms with Crippen molar-refractivity contribution in [2.75, 3.05) is 0 Å². The molecule has 2 N–H and O–H groups in total. The molecule has 2 nitrogen and oxygen atoms in total. The lowest BCUT2D eigenvalue weighted by Crippen LogP contribution is -2.35. The number of aromatic nitrogens is 1. The van der Waals surface area contributed by atoms with E-state index >= 15 is 0 Å². The van der Waals surface area contributed by atoms with Crippen LogP contribution in [0.3, 0.4) is 0 Å². The predicted molar refractivity (Wildman–Crippen MR) is 50.9 cm³/mol. The van der Waals surface area contributed by atoms with E-state index in [1.54, 1.807) is 0 Å². The van der Waals surface area contributed by atoms with Crippen LogP contribution in [-0.4, -0.2) is 10.5 Å². The number of hydrogen-bond acceptors (Lipinski definition) is 2. The molecule has 0 fully saturated rings. The minimum atomic E-state index is -0.168. The van der Waals surface area contributed by atoms with E-state index in [0.29, 0.717) is 0 Å². The highest BCUT2D eigenvalue weighted by molar-refractivity contribution is 5.19. The Labute approximate surface area is 73.8 Å². The van der Waals surface area contributed by atoms with Crippen LogP contribution in [0.25, 0.3) is 0 Å². The fraction of sp³-hybridized carbons (Fsp3) is 0.500. The van der Waals surface area contributed by atoms with Gasteiger partial charge in [0.05, 0.1) is 0 Å². The van der Waals surface area contributed by atoms with Crippen molar-refractivity contribution in [3.8, 4) is 0 Å². The Morgan fingerprint density at radius 1 is 1.50 bits per heavy atom. The summed E-state index contributed by atoms with van der Waals surface area (Å²) in [6.45, 7) is 6.09. The predicted octanol–water partition coefficient (Wildman–Crippen LogP) is 1.67. The molecule has 0 saturated heterocycles. The van der Waals surface area contributed by atoms with Gasteiger partial charge in [0.25, 0.3) is 0 Å². The molecule has 12 heavy (non-hydrogen) atoms. The van der Waals surface area contributed by atoms with E-state index in [1.807, 2.05) is 26.1 Å². The molecule has 0 atom stereocenters. The molecule has 66 valence electrons. The second-order valence-corrected chi connectivity index (χ2v) is 3.93. The number of nitrogens with two attached hydrogens (primary N) is 1. The standard InChI is InChI=1S/C10H16N2/c1-8-5-4-6-12-9(8)7-10(2,3)11/h4-6H,7,11H2,1-3H3. The monoisotopic (exact) mass is 164 g/mol. The highest BCUT2D eigenvalue weighted by Gasteiger charge is 2.13. The zero-order valence-electron chi connectivity index (χ0n) is 7.96. The summed E-state index contributed by atoms with van der Waals surface area (Å²) in [6, 6.07) is 4.01. The molecule has 1 rings (SSSR count). The van der Waals surface area contributed by atoms with Gasteiger partial charge in [0.1, 0.15) is 0 Å². The third-order valence-electron chi connectivity index (χ3n) is 1.74. The summed E-state index contributed by atoms with van der Waals surface area (Å²) in [5.74, 6) is 0. The second kappa shape index (κ2) is 3.23. The van der Waals surface area contributed by atoms with Crippen LogP contribution in [-0.2, 0) is 6.42 Å². The fourth-order valence-electron chi connectivity index (χ4n) is 1.14. The molecule has 2 heteroatoms. The first-order valence-electron chi connectivity index (χ1n) is 4.18. The van der Waals surface area contributed by atoms with Crippen molar-refractivity contribution in [1.82, 2.24) is 4.98 Å². The molecule has 1 aromatic heterocycles. The average molecular weight is 164 g/mol. The summed E-state index contributed by atoms with van der Waals surface area (Å²) in [5.41, 5.74) is 8.05. The highest BCUT2D eigenvalue weighted by Crippen LogP contribution is 2.10. The van der Waals surface area contributed by atoms with E-state index in [0.717, 1.165) is 12.1 Å². The van der Waals surface area contributed by atoms with Gasteiger partial charge in [-0.15, -0.1) is 0 Å². The van der Waals surface area contributed by atoms with Gasteiger partial charge in [0.2, 0.25) is 0 Å². The first kappa shape index (κ1) is 9.20.